The van der Waals surface area contributed by atoms with E-state index in [-0.39, 0.29) is 5.56 Å². The number of piperidine rings is 1. The van der Waals surface area contributed by atoms with Crippen LogP contribution in [0.3, 0.4) is 0 Å². The van der Waals surface area contributed by atoms with Crippen LogP contribution in [-0.4, -0.2) is 29.8 Å². The van der Waals surface area contributed by atoms with Gasteiger partial charge in [-0.3, -0.25) is 0 Å². The Morgan fingerprint density at radius 3 is 2.45 bits per heavy atom. The molecule has 2 atom stereocenters. The Morgan fingerprint density at radius 2 is 1.79 bits per heavy atom. The molecule has 1 aromatic heterocycles. The Hall–Kier alpha value is -3.29. The SMILES string of the molecule is Cc1cc2cc(NC(=O)Nc3ccc(CC(F)(F)F)cc3)ccc2nc1N1CC2CCC1C2. The molecule has 2 aliphatic rings. The molecule has 1 aliphatic heterocycles. The van der Waals surface area contributed by atoms with Gasteiger partial charge in [0.05, 0.1) is 11.9 Å². The number of halogens is 3. The monoisotopic (exact) mass is 454 g/mol. The number of carbonyl (C=O) groups is 1. The first-order valence-corrected chi connectivity index (χ1v) is 11.2. The first kappa shape index (κ1) is 21.6. The van der Waals surface area contributed by atoms with Gasteiger partial charge in [-0.1, -0.05) is 12.1 Å². The normalized spacial score (nSPS) is 19.8. The number of urea groups is 1. The van der Waals surface area contributed by atoms with E-state index in [9.17, 15) is 18.0 Å². The van der Waals surface area contributed by atoms with Crippen LogP contribution in [-0.2, 0) is 6.42 Å². The lowest BCUT2D eigenvalue weighted by atomic mass is 10.1. The van der Waals surface area contributed by atoms with Crippen molar-refractivity contribution >= 4 is 34.1 Å². The number of hydrogen-bond acceptors (Lipinski definition) is 3. The van der Waals surface area contributed by atoms with Crippen LogP contribution in [0, 0.1) is 12.8 Å². The van der Waals surface area contributed by atoms with Crippen LogP contribution in [0.1, 0.15) is 30.4 Å². The summed E-state index contributed by atoms with van der Waals surface area (Å²) in [6.45, 7) is 3.16. The summed E-state index contributed by atoms with van der Waals surface area (Å²) in [4.78, 5) is 19.7. The van der Waals surface area contributed by atoms with E-state index in [0.29, 0.717) is 17.4 Å². The Morgan fingerprint density at radius 1 is 1.06 bits per heavy atom. The Labute approximate surface area is 190 Å². The fourth-order valence-electron chi connectivity index (χ4n) is 5.06. The van der Waals surface area contributed by atoms with Crippen molar-refractivity contribution in [1.82, 2.24) is 4.98 Å². The number of fused-ring (bicyclic) bond motifs is 3. The maximum atomic E-state index is 12.5. The molecule has 2 aromatic carbocycles. The summed E-state index contributed by atoms with van der Waals surface area (Å²) in [5.41, 5.74) is 3.18. The van der Waals surface area contributed by atoms with Gasteiger partial charge >= 0.3 is 12.2 Å². The largest absolute Gasteiger partial charge is 0.393 e. The van der Waals surface area contributed by atoms with Gasteiger partial charge in [0.2, 0.25) is 0 Å². The van der Waals surface area contributed by atoms with Crippen molar-refractivity contribution in [3.8, 4) is 0 Å². The number of anilines is 3. The molecule has 3 aromatic rings. The van der Waals surface area contributed by atoms with E-state index in [2.05, 4.69) is 28.5 Å². The summed E-state index contributed by atoms with van der Waals surface area (Å²) >= 11 is 0. The third-order valence-corrected chi connectivity index (χ3v) is 6.53. The molecule has 8 heteroatoms. The molecule has 0 radical (unpaired) electrons. The molecule has 2 heterocycles. The number of benzene rings is 2. The van der Waals surface area contributed by atoms with Gasteiger partial charge in [0, 0.05) is 29.3 Å². The van der Waals surface area contributed by atoms with Crippen LogP contribution in [0.2, 0.25) is 0 Å². The van der Waals surface area contributed by atoms with Gasteiger partial charge < -0.3 is 15.5 Å². The second-order valence-corrected chi connectivity index (χ2v) is 9.09. The number of nitrogens with zero attached hydrogens (tertiary/aromatic N) is 2. The molecule has 5 nitrogen and oxygen atoms in total. The molecule has 1 saturated carbocycles. The van der Waals surface area contributed by atoms with Crippen molar-refractivity contribution < 1.29 is 18.0 Å². The van der Waals surface area contributed by atoms with Crippen LogP contribution in [0.15, 0.2) is 48.5 Å². The predicted molar refractivity (Wildman–Crippen MR) is 124 cm³/mol. The molecular formula is C25H25F3N4O. The van der Waals surface area contributed by atoms with Gasteiger partial charge in [-0.15, -0.1) is 0 Å². The van der Waals surface area contributed by atoms with E-state index < -0.39 is 18.6 Å². The number of hydrogen-bond donors (Lipinski definition) is 2. The van der Waals surface area contributed by atoms with Crippen molar-refractivity contribution in [3.63, 3.8) is 0 Å². The fraction of sp³-hybridized carbons (Fsp3) is 0.360. The molecule has 2 amide bonds. The number of pyridine rings is 1. The van der Waals surface area contributed by atoms with E-state index in [1.54, 1.807) is 6.07 Å². The molecular weight excluding hydrogens is 429 g/mol. The molecule has 5 rings (SSSR count). The van der Waals surface area contributed by atoms with Crippen molar-refractivity contribution in [3.05, 3.63) is 59.7 Å². The van der Waals surface area contributed by atoms with Crippen LogP contribution in [0.25, 0.3) is 10.9 Å². The number of alkyl halides is 3. The Balaban J connectivity index is 1.26. The maximum Gasteiger partial charge on any atom is 0.393 e. The van der Waals surface area contributed by atoms with Gasteiger partial charge in [0.15, 0.2) is 0 Å². The molecule has 2 bridgehead atoms. The minimum Gasteiger partial charge on any atom is -0.353 e. The third kappa shape index (κ3) is 4.74. The number of aryl methyl sites for hydroxylation is 1. The number of nitrogens with one attached hydrogen (secondary N) is 2. The number of aromatic nitrogens is 1. The summed E-state index contributed by atoms with van der Waals surface area (Å²) < 4.78 is 37.4. The summed E-state index contributed by atoms with van der Waals surface area (Å²) in [6.07, 6.45) is -1.42. The van der Waals surface area contributed by atoms with Crippen LogP contribution >= 0.6 is 0 Å². The lowest BCUT2D eigenvalue weighted by molar-refractivity contribution is -0.127. The highest BCUT2D eigenvalue weighted by Crippen LogP contribution is 2.41. The van der Waals surface area contributed by atoms with Crippen LogP contribution < -0.4 is 15.5 Å². The zero-order valence-corrected chi connectivity index (χ0v) is 18.2. The topological polar surface area (TPSA) is 57.3 Å². The van der Waals surface area contributed by atoms with Crippen LogP contribution in [0.4, 0.5) is 35.2 Å². The first-order chi connectivity index (χ1) is 15.7. The number of carbonyl (C=O) groups excluding carboxylic acids is 1. The van der Waals surface area contributed by atoms with E-state index in [1.807, 2.05) is 12.1 Å². The van der Waals surface area contributed by atoms with Gasteiger partial charge in [-0.2, -0.15) is 13.2 Å². The summed E-state index contributed by atoms with van der Waals surface area (Å²) in [5, 5.41) is 6.37. The zero-order chi connectivity index (χ0) is 23.2. The maximum absolute atomic E-state index is 12.5. The third-order valence-electron chi connectivity index (χ3n) is 6.53. The molecule has 0 spiro atoms. The lowest BCUT2D eigenvalue weighted by Crippen LogP contribution is -2.33. The van der Waals surface area contributed by atoms with E-state index in [0.717, 1.165) is 34.7 Å². The summed E-state index contributed by atoms with van der Waals surface area (Å²) in [5.74, 6) is 1.85. The summed E-state index contributed by atoms with van der Waals surface area (Å²) in [7, 11) is 0. The van der Waals surface area contributed by atoms with Crippen molar-refractivity contribution in [1.29, 1.82) is 0 Å². The highest BCUT2D eigenvalue weighted by molar-refractivity contribution is 6.01. The van der Waals surface area contributed by atoms with E-state index >= 15 is 0 Å². The van der Waals surface area contributed by atoms with Gasteiger partial charge in [-0.05, 0) is 79.6 Å². The average Bonchev–Trinajstić information content (AvgIpc) is 3.37. The molecule has 172 valence electrons. The predicted octanol–water partition coefficient (Wildman–Crippen LogP) is 6.28. The first-order valence-electron chi connectivity index (χ1n) is 11.2. The Bertz CT molecular complexity index is 1190. The van der Waals surface area contributed by atoms with Gasteiger partial charge in [-0.25, -0.2) is 9.78 Å². The van der Waals surface area contributed by atoms with Crippen molar-refractivity contribution in [2.45, 2.75) is 44.8 Å². The van der Waals surface area contributed by atoms with E-state index in [4.69, 9.17) is 4.98 Å². The molecule has 1 aliphatic carbocycles. The standard InChI is InChI=1S/C25H25F3N4O/c1-15-10-18-12-20(7-9-22(18)31-23(15)32-14-17-4-8-21(32)11-17)30-24(33)29-19-5-2-16(3-6-19)13-25(26,27)28/h2-3,5-7,9-10,12,17,21H,4,8,11,13-14H2,1H3,(H2,29,30,33). The van der Waals surface area contributed by atoms with Gasteiger partial charge in [0.1, 0.15) is 5.82 Å². The molecule has 2 fully saturated rings. The van der Waals surface area contributed by atoms with Crippen LogP contribution in [0.5, 0.6) is 0 Å². The van der Waals surface area contributed by atoms with E-state index in [1.165, 1.54) is 43.5 Å². The Kier molecular flexibility index (Phi) is 5.38. The number of rotatable bonds is 4. The quantitative estimate of drug-likeness (QED) is 0.488. The highest BCUT2D eigenvalue weighted by atomic mass is 19.4. The molecule has 1 saturated heterocycles. The molecule has 33 heavy (non-hydrogen) atoms. The highest BCUT2D eigenvalue weighted by Gasteiger charge is 2.38. The molecule has 2 N–H and O–H groups in total. The smallest absolute Gasteiger partial charge is 0.353 e. The molecule has 2 unspecified atom stereocenters. The second kappa shape index (κ2) is 8.24. The van der Waals surface area contributed by atoms with Crippen molar-refractivity contribution in [2.24, 2.45) is 5.92 Å². The summed E-state index contributed by atoms with van der Waals surface area (Å²) in [6, 6.07) is 13.5. The van der Waals surface area contributed by atoms with Gasteiger partial charge in [0.25, 0.3) is 0 Å². The average molecular weight is 454 g/mol. The second-order valence-electron chi connectivity index (χ2n) is 9.09. The minimum absolute atomic E-state index is 0.145. The minimum atomic E-state index is -4.26. The number of amides is 2. The zero-order valence-electron chi connectivity index (χ0n) is 18.2. The fourth-order valence-corrected chi connectivity index (χ4v) is 5.06. The van der Waals surface area contributed by atoms with Crippen molar-refractivity contribution in [2.75, 3.05) is 22.1 Å². The lowest BCUT2D eigenvalue weighted by Gasteiger charge is -2.29.